The van der Waals surface area contributed by atoms with Crippen LogP contribution in [-0.4, -0.2) is 23.5 Å². The maximum Gasteiger partial charge on any atom is 0.0372 e. The Balaban J connectivity index is 2.15. The topological polar surface area (TPSA) is 15.3 Å². The largest absolute Gasteiger partial charge is 0.385 e. The highest BCUT2D eigenvalue weighted by atomic mass is 15.2. The van der Waals surface area contributed by atoms with Crippen molar-refractivity contribution in [3.8, 4) is 0 Å². The first-order valence-electron chi connectivity index (χ1n) is 7.22. The van der Waals surface area contributed by atoms with E-state index in [9.17, 15) is 0 Å². The van der Waals surface area contributed by atoms with Crippen LogP contribution in [0.5, 0.6) is 0 Å². The smallest absolute Gasteiger partial charge is 0.0372 e. The number of fused-ring (bicyclic) bond motifs is 1. The molecule has 2 heteroatoms. The van der Waals surface area contributed by atoms with Crippen LogP contribution in [0.25, 0.3) is 0 Å². The van der Waals surface area contributed by atoms with Crippen LogP contribution in [-0.2, 0) is 13.0 Å². The SMILES string of the molecule is C=CCN(Cc1ccc2c(c1)CCCN2)C(C)(C)C. The summed E-state index contributed by atoms with van der Waals surface area (Å²) in [7, 11) is 0. The van der Waals surface area contributed by atoms with Gasteiger partial charge in [-0.15, -0.1) is 6.58 Å². The molecule has 2 rings (SSSR count). The van der Waals surface area contributed by atoms with Crippen LogP contribution < -0.4 is 5.32 Å². The van der Waals surface area contributed by atoms with E-state index in [0.717, 1.165) is 19.6 Å². The Labute approximate surface area is 117 Å². The molecule has 1 aliphatic rings. The van der Waals surface area contributed by atoms with Gasteiger partial charge in [-0.05, 0) is 50.8 Å². The fourth-order valence-corrected chi connectivity index (χ4v) is 2.58. The van der Waals surface area contributed by atoms with E-state index in [1.165, 1.54) is 29.7 Å². The Kier molecular flexibility index (Phi) is 4.31. The molecular weight excluding hydrogens is 232 g/mol. The first-order chi connectivity index (χ1) is 9.00. The van der Waals surface area contributed by atoms with E-state index in [-0.39, 0.29) is 5.54 Å². The van der Waals surface area contributed by atoms with Crippen molar-refractivity contribution in [3.05, 3.63) is 42.0 Å². The van der Waals surface area contributed by atoms with Crippen molar-refractivity contribution in [2.45, 2.75) is 45.7 Å². The van der Waals surface area contributed by atoms with Crippen LogP contribution in [0.1, 0.15) is 38.3 Å². The molecule has 0 aliphatic carbocycles. The van der Waals surface area contributed by atoms with Crippen molar-refractivity contribution in [1.29, 1.82) is 0 Å². The fourth-order valence-electron chi connectivity index (χ4n) is 2.58. The first kappa shape index (κ1) is 14.1. The van der Waals surface area contributed by atoms with Gasteiger partial charge < -0.3 is 5.32 Å². The zero-order chi connectivity index (χ0) is 13.9. The lowest BCUT2D eigenvalue weighted by atomic mass is 9.99. The van der Waals surface area contributed by atoms with E-state index in [1.54, 1.807) is 0 Å². The summed E-state index contributed by atoms with van der Waals surface area (Å²) in [5.41, 5.74) is 4.36. The van der Waals surface area contributed by atoms with Crippen LogP contribution in [0.2, 0.25) is 0 Å². The second-order valence-corrected chi connectivity index (χ2v) is 6.36. The van der Waals surface area contributed by atoms with E-state index in [1.807, 2.05) is 6.08 Å². The Bertz CT molecular complexity index is 443. The summed E-state index contributed by atoms with van der Waals surface area (Å²) in [5, 5.41) is 3.47. The molecule has 0 saturated carbocycles. The van der Waals surface area contributed by atoms with Gasteiger partial charge in [0, 0.05) is 30.9 Å². The average Bonchev–Trinajstić information content (AvgIpc) is 2.37. The molecule has 0 bridgehead atoms. The van der Waals surface area contributed by atoms with Crippen molar-refractivity contribution in [2.75, 3.05) is 18.4 Å². The number of aryl methyl sites for hydroxylation is 1. The van der Waals surface area contributed by atoms with Gasteiger partial charge in [0.25, 0.3) is 0 Å². The highest BCUT2D eigenvalue weighted by molar-refractivity contribution is 5.54. The Morgan fingerprint density at radius 1 is 1.37 bits per heavy atom. The molecule has 1 aromatic rings. The van der Waals surface area contributed by atoms with E-state index in [2.05, 4.69) is 55.8 Å². The van der Waals surface area contributed by atoms with Crippen molar-refractivity contribution in [1.82, 2.24) is 4.90 Å². The number of nitrogens with one attached hydrogen (secondary N) is 1. The van der Waals surface area contributed by atoms with Gasteiger partial charge in [0.2, 0.25) is 0 Å². The monoisotopic (exact) mass is 258 g/mol. The van der Waals surface area contributed by atoms with Crippen molar-refractivity contribution in [3.63, 3.8) is 0 Å². The zero-order valence-corrected chi connectivity index (χ0v) is 12.5. The fraction of sp³-hybridized carbons (Fsp3) is 0.529. The maximum atomic E-state index is 3.87. The van der Waals surface area contributed by atoms with Gasteiger partial charge in [0.05, 0.1) is 0 Å². The first-order valence-corrected chi connectivity index (χ1v) is 7.22. The molecule has 0 unspecified atom stereocenters. The molecule has 0 amide bonds. The predicted molar refractivity (Wildman–Crippen MR) is 83.6 cm³/mol. The predicted octanol–water partition coefficient (Wildman–Crippen LogP) is 3.83. The summed E-state index contributed by atoms with van der Waals surface area (Å²) in [6.07, 6.45) is 4.43. The van der Waals surface area contributed by atoms with Crippen LogP contribution in [0.4, 0.5) is 5.69 Å². The summed E-state index contributed by atoms with van der Waals surface area (Å²) < 4.78 is 0. The van der Waals surface area contributed by atoms with Gasteiger partial charge in [-0.1, -0.05) is 18.2 Å². The molecular formula is C17H26N2. The van der Waals surface area contributed by atoms with E-state index in [0.29, 0.717) is 0 Å². The third-order valence-electron chi connectivity index (χ3n) is 3.78. The minimum absolute atomic E-state index is 0.169. The van der Waals surface area contributed by atoms with Crippen molar-refractivity contribution in [2.24, 2.45) is 0 Å². The van der Waals surface area contributed by atoms with Gasteiger partial charge in [0.1, 0.15) is 0 Å². The molecule has 19 heavy (non-hydrogen) atoms. The van der Waals surface area contributed by atoms with Gasteiger partial charge >= 0.3 is 0 Å². The summed E-state index contributed by atoms with van der Waals surface area (Å²) >= 11 is 0. The summed E-state index contributed by atoms with van der Waals surface area (Å²) in [6, 6.07) is 6.85. The van der Waals surface area contributed by atoms with E-state index >= 15 is 0 Å². The molecule has 0 spiro atoms. The molecule has 104 valence electrons. The minimum Gasteiger partial charge on any atom is -0.385 e. The quantitative estimate of drug-likeness (QED) is 0.826. The normalized spacial score (nSPS) is 14.9. The summed E-state index contributed by atoms with van der Waals surface area (Å²) in [4.78, 5) is 2.46. The summed E-state index contributed by atoms with van der Waals surface area (Å²) in [5.74, 6) is 0. The molecule has 1 heterocycles. The molecule has 1 aromatic carbocycles. The molecule has 0 atom stereocenters. The van der Waals surface area contributed by atoms with Crippen LogP contribution >= 0.6 is 0 Å². The third kappa shape index (κ3) is 3.60. The van der Waals surface area contributed by atoms with Crippen LogP contribution in [0.3, 0.4) is 0 Å². The number of benzene rings is 1. The second kappa shape index (κ2) is 5.79. The molecule has 0 fully saturated rings. The number of hydrogen-bond acceptors (Lipinski definition) is 2. The van der Waals surface area contributed by atoms with Crippen molar-refractivity contribution >= 4 is 5.69 Å². The molecule has 1 N–H and O–H groups in total. The van der Waals surface area contributed by atoms with Crippen LogP contribution in [0, 0.1) is 0 Å². The number of hydrogen-bond donors (Lipinski definition) is 1. The lowest BCUT2D eigenvalue weighted by Crippen LogP contribution is -2.40. The van der Waals surface area contributed by atoms with E-state index < -0.39 is 0 Å². The Morgan fingerprint density at radius 2 is 2.16 bits per heavy atom. The maximum absolute atomic E-state index is 3.87. The number of rotatable bonds is 4. The average molecular weight is 258 g/mol. The number of anilines is 1. The summed E-state index contributed by atoms with van der Waals surface area (Å²) in [6.45, 7) is 13.7. The van der Waals surface area contributed by atoms with E-state index in [4.69, 9.17) is 0 Å². The van der Waals surface area contributed by atoms with Gasteiger partial charge in [-0.25, -0.2) is 0 Å². The van der Waals surface area contributed by atoms with Gasteiger partial charge in [0.15, 0.2) is 0 Å². The molecule has 2 nitrogen and oxygen atoms in total. The third-order valence-corrected chi connectivity index (χ3v) is 3.78. The van der Waals surface area contributed by atoms with Crippen LogP contribution in [0.15, 0.2) is 30.9 Å². The molecule has 0 aromatic heterocycles. The zero-order valence-electron chi connectivity index (χ0n) is 12.5. The lowest BCUT2D eigenvalue weighted by Gasteiger charge is -2.35. The standard InChI is InChI=1S/C17H26N2/c1-5-11-19(17(2,3)4)13-14-8-9-16-15(12-14)7-6-10-18-16/h5,8-9,12,18H,1,6-7,10-11,13H2,2-4H3. The van der Waals surface area contributed by atoms with Gasteiger partial charge in [-0.2, -0.15) is 0 Å². The minimum atomic E-state index is 0.169. The second-order valence-electron chi connectivity index (χ2n) is 6.36. The molecule has 0 radical (unpaired) electrons. The molecule has 1 aliphatic heterocycles. The highest BCUT2D eigenvalue weighted by Crippen LogP contribution is 2.25. The molecule has 0 saturated heterocycles. The Hall–Kier alpha value is -1.28. The number of nitrogens with zero attached hydrogens (tertiary/aromatic N) is 1. The highest BCUT2D eigenvalue weighted by Gasteiger charge is 2.20. The van der Waals surface area contributed by atoms with Crippen molar-refractivity contribution < 1.29 is 0 Å². The lowest BCUT2D eigenvalue weighted by molar-refractivity contribution is 0.145. The van der Waals surface area contributed by atoms with Gasteiger partial charge in [-0.3, -0.25) is 4.90 Å². The Morgan fingerprint density at radius 3 is 2.84 bits per heavy atom.